The van der Waals surface area contributed by atoms with Crippen LogP contribution in [-0.2, 0) is 6.54 Å². The first-order valence-corrected chi connectivity index (χ1v) is 6.00. The number of aromatic nitrogens is 1. The number of hydrogen-bond acceptors (Lipinski definition) is 3. The summed E-state index contributed by atoms with van der Waals surface area (Å²) in [7, 11) is 0. The van der Waals surface area contributed by atoms with Crippen LogP contribution < -0.4 is 10.3 Å². The summed E-state index contributed by atoms with van der Waals surface area (Å²) >= 11 is 0. The van der Waals surface area contributed by atoms with Crippen molar-refractivity contribution >= 4 is 0 Å². The van der Waals surface area contributed by atoms with Crippen molar-refractivity contribution in [1.82, 2.24) is 4.57 Å². The molecule has 19 heavy (non-hydrogen) atoms. The quantitative estimate of drug-likeness (QED) is 0.839. The van der Waals surface area contributed by atoms with Crippen molar-refractivity contribution in [3.63, 3.8) is 0 Å². The van der Waals surface area contributed by atoms with Gasteiger partial charge in [0.1, 0.15) is 12.4 Å². The molecule has 1 aromatic carbocycles. The number of rotatable bonds is 4. The molecule has 2 aromatic rings. The highest BCUT2D eigenvalue weighted by atomic mass is 16.5. The average molecular weight is 254 g/mol. The van der Waals surface area contributed by atoms with Crippen LogP contribution >= 0.6 is 0 Å². The largest absolute Gasteiger partial charge is 0.492 e. The molecule has 0 bridgehead atoms. The van der Waals surface area contributed by atoms with Crippen LogP contribution in [0.2, 0.25) is 0 Å². The van der Waals surface area contributed by atoms with E-state index in [1.807, 2.05) is 13.0 Å². The molecule has 0 saturated carbocycles. The smallest absolute Gasteiger partial charge is 0.250 e. The summed E-state index contributed by atoms with van der Waals surface area (Å²) in [5, 5.41) is 8.69. The molecule has 0 spiro atoms. The van der Waals surface area contributed by atoms with Crippen LogP contribution in [-0.4, -0.2) is 11.2 Å². The van der Waals surface area contributed by atoms with Gasteiger partial charge in [0.25, 0.3) is 5.56 Å². The van der Waals surface area contributed by atoms with Crippen LogP contribution in [0.3, 0.4) is 0 Å². The minimum atomic E-state index is -0.0246. The van der Waals surface area contributed by atoms with Gasteiger partial charge in [0.2, 0.25) is 0 Å². The van der Waals surface area contributed by atoms with E-state index in [-0.39, 0.29) is 5.56 Å². The zero-order valence-electron chi connectivity index (χ0n) is 10.7. The van der Waals surface area contributed by atoms with Gasteiger partial charge in [0.05, 0.1) is 18.2 Å². The molecule has 0 atom stereocenters. The third-order valence-electron chi connectivity index (χ3n) is 2.84. The molecule has 0 saturated heterocycles. The maximum atomic E-state index is 11.6. The maximum Gasteiger partial charge on any atom is 0.250 e. The second-order valence-corrected chi connectivity index (χ2v) is 4.14. The Morgan fingerprint density at radius 1 is 1.21 bits per heavy atom. The number of pyridine rings is 1. The maximum absolute atomic E-state index is 11.6. The molecule has 0 fully saturated rings. The lowest BCUT2D eigenvalue weighted by Gasteiger charge is -2.10. The molecule has 1 heterocycles. The molecule has 4 nitrogen and oxygen atoms in total. The fourth-order valence-corrected chi connectivity index (χ4v) is 1.79. The van der Waals surface area contributed by atoms with Crippen molar-refractivity contribution in [2.24, 2.45) is 0 Å². The van der Waals surface area contributed by atoms with Crippen molar-refractivity contribution in [3.05, 3.63) is 64.1 Å². The molecular weight excluding hydrogens is 240 g/mol. The van der Waals surface area contributed by atoms with E-state index < -0.39 is 0 Å². The van der Waals surface area contributed by atoms with Crippen LogP contribution in [0.25, 0.3) is 0 Å². The first-order valence-electron chi connectivity index (χ1n) is 6.00. The highest BCUT2D eigenvalue weighted by Crippen LogP contribution is 2.11. The van der Waals surface area contributed by atoms with Crippen molar-refractivity contribution in [2.45, 2.75) is 13.5 Å². The highest BCUT2D eigenvalue weighted by molar-refractivity contribution is 5.34. The molecule has 2 rings (SSSR count). The van der Waals surface area contributed by atoms with Gasteiger partial charge < -0.3 is 9.30 Å². The topological polar surface area (TPSA) is 55.0 Å². The Morgan fingerprint density at radius 3 is 2.58 bits per heavy atom. The van der Waals surface area contributed by atoms with Gasteiger partial charge in [-0.25, -0.2) is 0 Å². The fourth-order valence-electron chi connectivity index (χ4n) is 1.79. The van der Waals surface area contributed by atoms with Crippen LogP contribution in [0.5, 0.6) is 5.75 Å². The standard InChI is InChI=1S/C15H14N2O2/c1-12-3-2-4-15(18)17(12)9-10-19-14-7-5-13(11-16)6-8-14/h2-8H,9-10H2,1H3. The predicted molar refractivity (Wildman–Crippen MR) is 72.1 cm³/mol. The lowest BCUT2D eigenvalue weighted by molar-refractivity contribution is 0.295. The first kappa shape index (κ1) is 12.9. The van der Waals surface area contributed by atoms with Gasteiger partial charge in [-0.1, -0.05) is 6.07 Å². The Morgan fingerprint density at radius 2 is 1.95 bits per heavy atom. The van der Waals surface area contributed by atoms with Crippen LogP contribution in [0.4, 0.5) is 0 Å². The summed E-state index contributed by atoms with van der Waals surface area (Å²) in [4.78, 5) is 11.6. The molecule has 4 heteroatoms. The second kappa shape index (κ2) is 5.87. The van der Waals surface area contributed by atoms with E-state index in [0.29, 0.717) is 24.5 Å². The number of ether oxygens (including phenoxy) is 1. The van der Waals surface area contributed by atoms with Crippen LogP contribution in [0.1, 0.15) is 11.3 Å². The normalized spacial score (nSPS) is 9.89. The third kappa shape index (κ3) is 3.23. The molecule has 0 unspecified atom stereocenters. The van der Waals surface area contributed by atoms with Gasteiger partial charge >= 0.3 is 0 Å². The molecular formula is C15H14N2O2. The Hall–Kier alpha value is -2.54. The molecule has 0 radical (unpaired) electrons. The summed E-state index contributed by atoms with van der Waals surface area (Å²) in [5.74, 6) is 0.695. The summed E-state index contributed by atoms with van der Waals surface area (Å²) in [6, 6.07) is 14.1. The zero-order valence-corrected chi connectivity index (χ0v) is 10.7. The molecule has 1 aromatic heterocycles. The van der Waals surface area contributed by atoms with Crippen LogP contribution in [0.15, 0.2) is 47.3 Å². The predicted octanol–water partition coefficient (Wildman–Crippen LogP) is 2.11. The minimum absolute atomic E-state index is 0.0246. The van der Waals surface area contributed by atoms with E-state index in [0.717, 1.165) is 5.69 Å². The summed E-state index contributed by atoms with van der Waals surface area (Å²) in [6.45, 7) is 2.81. The van der Waals surface area contributed by atoms with Gasteiger partial charge in [-0.3, -0.25) is 4.79 Å². The SMILES string of the molecule is Cc1cccc(=O)n1CCOc1ccc(C#N)cc1. The first-order chi connectivity index (χ1) is 9.20. The molecule has 0 aliphatic heterocycles. The monoisotopic (exact) mass is 254 g/mol. The van der Waals surface area contributed by atoms with Crippen LogP contribution in [0, 0.1) is 18.3 Å². The number of aryl methyl sites for hydroxylation is 1. The summed E-state index contributed by atoms with van der Waals surface area (Å²) in [6.07, 6.45) is 0. The van der Waals surface area contributed by atoms with Gasteiger partial charge in [-0.2, -0.15) is 5.26 Å². The Bertz CT molecular complexity index is 651. The van der Waals surface area contributed by atoms with Crippen molar-refractivity contribution in [3.8, 4) is 11.8 Å². The van der Waals surface area contributed by atoms with Gasteiger partial charge in [0, 0.05) is 11.8 Å². The number of nitriles is 1. The molecule has 96 valence electrons. The van der Waals surface area contributed by atoms with Gasteiger partial charge in [-0.05, 0) is 37.3 Å². The zero-order chi connectivity index (χ0) is 13.7. The van der Waals surface area contributed by atoms with E-state index in [1.54, 1.807) is 34.9 Å². The summed E-state index contributed by atoms with van der Waals surface area (Å²) in [5.41, 5.74) is 1.49. The highest BCUT2D eigenvalue weighted by Gasteiger charge is 2.00. The Labute approximate surface area is 111 Å². The lowest BCUT2D eigenvalue weighted by atomic mass is 10.2. The summed E-state index contributed by atoms with van der Waals surface area (Å²) < 4.78 is 7.22. The van der Waals surface area contributed by atoms with Gasteiger partial charge in [-0.15, -0.1) is 0 Å². The number of hydrogen-bond donors (Lipinski definition) is 0. The second-order valence-electron chi connectivity index (χ2n) is 4.14. The Balaban J connectivity index is 1.96. The third-order valence-corrected chi connectivity index (χ3v) is 2.84. The van der Waals surface area contributed by atoms with Crippen molar-refractivity contribution in [2.75, 3.05) is 6.61 Å². The van der Waals surface area contributed by atoms with E-state index in [9.17, 15) is 4.79 Å². The molecule has 0 N–H and O–H groups in total. The molecule has 0 aliphatic rings. The van der Waals surface area contributed by atoms with E-state index in [1.165, 1.54) is 6.07 Å². The Kier molecular flexibility index (Phi) is 3.99. The van der Waals surface area contributed by atoms with E-state index in [4.69, 9.17) is 10.00 Å². The van der Waals surface area contributed by atoms with Gasteiger partial charge in [0.15, 0.2) is 0 Å². The van der Waals surface area contributed by atoms with E-state index >= 15 is 0 Å². The molecule has 0 amide bonds. The minimum Gasteiger partial charge on any atom is -0.492 e. The van der Waals surface area contributed by atoms with Crippen molar-refractivity contribution in [1.29, 1.82) is 5.26 Å². The fraction of sp³-hybridized carbons (Fsp3) is 0.200. The number of benzene rings is 1. The lowest BCUT2D eigenvalue weighted by Crippen LogP contribution is -2.23. The average Bonchev–Trinajstić information content (AvgIpc) is 2.43. The molecule has 0 aliphatic carbocycles. The van der Waals surface area contributed by atoms with Crippen molar-refractivity contribution < 1.29 is 4.74 Å². The number of nitrogens with zero attached hydrogens (tertiary/aromatic N) is 2. The van der Waals surface area contributed by atoms with E-state index in [2.05, 4.69) is 6.07 Å².